The first-order valence-electron chi connectivity index (χ1n) is 3.92. The molecular formula is C8H9NO6. The van der Waals surface area contributed by atoms with Crippen molar-refractivity contribution >= 4 is 11.9 Å². The van der Waals surface area contributed by atoms with E-state index in [2.05, 4.69) is 4.74 Å². The van der Waals surface area contributed by atoms with Gasteiger partial charge in [0.1, 0.15) is 0 Å². The summed E-state index contributed by atoms with van der Waals surface area (Å²) in [5.41, 5.74) is 0. The zero-order chi connectivity index (χ0) is 11.6. The van der Waals surface area contributed by atoms with E-state index in [0.29, 0.717) is 4.57 Å². The maximum atomic E-state index is 10.7. The summed E-state index contributed by atoms with van der Waals surface area (Å²) in [6.07, 6.45) is -1.78. The first kappa shape index (κ1) is 10.9. The second kappa shape index (κ2) is 3.91. The molecule has 1 aromatic heterocycles. The Morgan fingerprint density at radius 1 is 1.33 bits per heavy atom. The van der Waals surface area contributed by atoms with E-state index in [0.717, 1.165) is 19.1 Å². The van der Waals surface area contributed by atoms with Gasteiger partial charge >= 0.3 is 11.9 Å². The molecule has 0 aliphatic heterocycles. The van der Waals surface area contributed by atoms with Crippen LogP contribution in [0.4, 0.5) is 0 Å². The lowest BCUT2D eigenvalue weighted by Gasteiger charge is -2.15. The number of aromatic hydroxyl groups is 2. The largest absolute Gasteiger partial charge is 0.494 e. The molecule has 1 atom stereocenters. The Hall–Kier alpha value is -2.18. The third-order valence-corrected chi connectivity index (χ3v) is 1.60. The number of carbonyl (C=O) groups excluding carboxylic acids is 1. The van der Waals surface area contributed by atoms with Crippen LogP contribution in [0.25, 0.3) is 0 Å². The van der Waals surface area contributed by atoms with Crippen LogP contribution in [0.15, 0.2) is 12.1 Å². The molecule has 1 heterocycles. The van der Waals surface area contributed by atoms with Crippen molar-refractivity contribution in [1.82, 2.24) is 4.57 Å². The maximum absolute atomic E-state index is 10.7. The van der Waals surface area contributed by atoms with Crippen LogP contribution in [0.2, 0.25) is 0 Å². The molecule has 0 aliphatic rings. The van der Waals surface area contributed by atoms with Gasteiger partial charge in [-0.2, -0.15) is 0 Å². The van der Waals surface area contributed by atoms with Crippen LogP contribution >= 0.6 is 0 Å². The lowest BCUT2D eigenvalue weighted by Crippen LogP contribution is -2.23. The van der Waals surface area contributed by atoms with Crippen molar-refractivity contribution in [2.75, 3.05) is 0 Å². The highest BCUT2D eigenvalue weighted by Crippen LogP contribution is 2.27. The molecule has 7 heteroatoms. The summed E-state index contributed by atoms with van der Waals surface area (Å²) < 4.78 is 5.00. The molecule has 0 spiro atoms. The third kappa shape index (κ3) is 2.19. The van der Waals surface area contributed by atoms with Gasteiger partial charge in [0.15, 0.2) is 11.8 Å². The second-order valence-electron chi connectivity index (χ2n) is 2.72. The van der Waals surface area contributed by atoms with Gasteiger partial charge < -0.3 is 20.1 Å². The number of nitrogens with zero attached hydrogens (tertiary/aromatic N) is 1. The molecule has 0 bridgehead atoms. The van der Waals surface area contributed by atoms with Crippen molar-refractivity contribution in [3.8, 4) is 11.8 Å². The Balaban J connectivity index is 3.09. The van der Waals surface area contributed by atoms with E-state index in [4.69, 9.17) is 5.11 Å². The van der Waals surface area contributed by atoms with Crippen molar-refractivity contribution < 1.29 is 29.6 Å². The minimum absolute atomic E-state index is 0.513. The number of hydrogen-bond donors (Lipinski definition) is 3. The molecule has 3 N–H and O–H groups in total. The first-order chi connectivity index (χ1) is 6.93. The number of aromatic nitrogens is 1. The fraction of sp³-hybridized carbons (Fsp3) is 0.250. The fourth-order valence-corrected chi connectivity index (χ4v) is 1.04. The number of carboxylic acid groups (broad SMARTS) is 1. The Labute approximate surface area is 84.1 Å². The van der Waals surface area contributed by atoms with Crippen LogP contribution in [0.3, 0.4) is 0 Å². The molecule has 82 valence electrons. The molecule has 15 heavy (non-hydrogen) atoms. The number of rotatable bonds is 3. The molecule has 1 aromatic rings. The van der Waals surface area contributed by atoms with Crippen LogP contribution in [0, 0.1) is 0 Å². The highest BCUT2D eigenvalue weighted by molar-refractivity contribution is 5.75. The average molecular weight is 215 g/mol. The summed E-state index contributed by atoms with van der Waals surface area (Å²) in [5, 5.41) is 27.1. The van der Waals surface area contributed by atoms with E-state index >= 15 is 0 Å². The zero-order valence-corrected chi connectivity index (χ0v) is 7.75. The van der Waals surface area contributed by atoms with E-state index in [-0.39, 0.29) is 0 Å². The molecule has 0 aromatic carbocycles. The number of esters is 1. The molecule has 0 amide bonds. The first-order valence-corrected chi connectivity index (χ1v) is 3.92. The van der Waals surface area contributed by atoms with Crippen molar-refractivity contribution in [2.45, 2.75) is 13.2 Å². The number of ether oxygens (including phenoxy) is 1. The van der Waals surface area contributed by atoms with Crippen LogP contribution in [-0.4, -0.2) is 31.8 Å². The van der Waals surface area contributed by atoms with Crippen molar-refractivity contribution in [3.05, 3.63) is 12.1 Å². The summed E-state index contributed by atoms with van der Waals surface area (Å²) in [7, 11) is 0. The minimum Gasteiger partial charge on any atom is -0.494 e. The van der Waals surface area contributed by atoms with Crippen molar-refractivity contribution in [1.29, 1.82) is 0 Å². The second-order valence-corrected chi connectivity index (χ2v) is 2.72. The number of aliphatic carboxylic acids is 1. The molecule has 0 fully saturated rings. The van der Waals surface area contributed by atoms with Gasteiger partial charge in [0.2, 0.25) is 0 Å². The monoisotopic (exact) mass is 215 g/mol. The van der Waals surface area contributed by atoms with Crippen molar-refractivity contribution in [3.63, 3.8) is 0 Å². The van der Waals surface area contributed by atoms with Crippen molar-refractivity contribution in [2.24, 2.45) is 0 Å². The predicted molar refractivity (Wildman–Crippen MR) is 46.2 cm³/mol. The fourth-order valence-electron chi connectivity index (χ4n) is 1.04. The lowest BCUT2D eigenvalue weighted by atomic mass is 10.5. The summed E-state index contributed by atoms with van der Waals surface area (Å²) in [6, 6.07) is 2.16. The summed E-state index contributed by atoms with van der Waals surface area (Å²) in [6.45, 7) is 1.02. The van der Waals surface area contributed by atoms with E-state index in [1.165, 1.54) is 0 Å². The number of carbonyl (C=O) groups is 2. The Morgan fingerprint density at radius 3 is 2.13 bits per heavy atom. The average Bonchev–Trinajstić information content (AvgIpc) is 2.42. The Morgan fingerprint density at radius 2 is 1.80 bits per heavy atom. The predicted octanol–water partition coefficient (Wildman–Crippen LogP) is 0.0456. The zero-order valence-electron chi connectivity index (χ0n) is 7.75. The lowest BCUT2D eigenvalue weighted by molar-refractivity contribution is -0.169. The minimum atomic E-state index is -1.78. The van der Waals surface area contributed by atoms with Gasteiger partial charge in [0, 0.05) is 19.1 Å². The van der Waals surface area contributed by atoms with E-state index in [1.807, 2.05) is 0 Å². The highest BCUT2D eigenvalue weighted by atomic mass is 16.6. The molecule has 0 saturated carbocycles. The van der Waals surface area contributed by atoms with Gasteiger partial charge in [-0.25, -0.2) is 9.36 Å². The maximum Gasteiger partial charge on any atom is 0.367 e. The van der Waals surface area contributed by atoms with Crippen LogP contribution in [-0.2, 0) is 14.3 Å². The standard InChI is InChI=1S/C8H9NO6/c1-4(10)15-7(8(13)14)9-5(11)2-3-6(9)12/h2-3,7,11-12H,1H3,(H,13,14). The summed E-state index contributed by atoms with van der Waals surface area (Å²) in [4.78, 5) is 21.3. The molecule has 1 rings (SSSR count). The molecule has 0 radical (unpaired) electrons. The van der Waals surface area contributed by atoms with E-state index < -0.39 is 29.9 Å². The van der Waals surface area contributed by atoms with Crippen LogP contribution in [0.1, 0.15) is 13.2 Å². The summed E-state index contributed by atoms with van der Waals surface area (Å²) in [5.74, 6) is -3.37. The van der Waals surface area contributed by atoms with E-state index in [1.54, 1.807) is 0 Å². The Bertz CT molecular complexity index is 376. The quantitative estimate of drug-likeness (QED) is 0.614. The van der Waals surface area contributed by atoms with Gasteiger partial charge in [0.25, 0.3) is 6.23 Å². The third-order valence-electron chi connectivity index (χ3n) is 1.60. The molecule has 0 saturated heterocycles. The molecule has 7 nitrogen and oxygen atoms in total. The van der Waals surface area contributed by atoms with Crippen LogP contribution in [0.5, 0.6) is 11.8 Å². The molecule has 1 unspecified atom stereocenters. The highest BCUT2D eigenvalue weighted by Gasteiger charge is 2.27. The van der Waals surface area contributed by atoms with Gasteiger partial charge in [0.05, 0.1) is 0 Å². The summed E-state index contributed by atoms with van der Waals surface area (Å²) >= 11 is 0. The Kier molecular flexibility index (Phi) is 2.84. The van der Waals surface area contributed by atoms with Gasteiger partial charge in [-0.3, -0.25) is 4.79 Å². The molecular weight excluding hydrogens is 206 g/mol. The van der Waals surface area contributed by atoms with E-state index in [9.17, 15) is 19.8 Å². The smallest absolute Gasteiger partial charge is 0.367 e. The normalized spacial score (nSPS) is 12.1. The SMILES string of the molecule is CC(=O)OC(C(=O)O)n1c(O)ccc1O. The number of hydrogen-bond acceptors (Lipinski definition) is 5. The van der Waals surface area contributed by atoms with Gasteiger partial charge in [-0.1, -0.05) is 0 Å². The van der Waals surface area contributed by atoms with Gasteiger partial charge in [-0.05, 0) is 0 Å². The number of carboxylic acids is 1. The van der Waals surface area contributed by atoms with Crippen LogP contribution < -0.4 is 0 Å². The van der Waals surface area contributed by atoms with Gasteiger partial charge in [-0.15, -0.1) is 0 Å². The molecule has 0 aliphatic carbocycles. The topological polar surface area (TPSA) is 109 Å².